The van der Waals surface area contributed by atoms with E-state index in [-0.39, 0.29) is 18.6 Å². The third-order valence-electron chi connectivity index (χ3n) is 2.88. The Balaban J connectivity index is 3.18. The molecule has 0 saturated heterocycles. The van der Waals surface area contributed by atoms with Gasteiger partial charge in [-0.2, -0.15) is 0 Å². The Bertz CT molecular complexity index is 605. The molecular formula is C15H20BrF2NO3S. The van der Waals surface area contributed by atoms with Crippen LogP contribution in [0.25, 0.3) is 0 Å². The van der Waals surface area contributed by atoms with Crippen molar-refractivity contribution in [3.63, 3.8) is 0 Å². The quantitative estimate of drug-likeness (QED) is 0.572. The molecule has 0 aliphatic heterocycles. The van der Waals surface area contributed by atoms with Gasteiger partial charge in [0.1, 0.15) is 0 Å². The maximum atomic E-state index is 14.1. The smallest absolute Gasteiger partial charge is 0.307 e. The Hall–Kier alpha value is -0.860. The fraction of sp³-hybridized carbons (Fsp3) is 0.533. The molecule has 1 aromatic carbocycles. The minimum absolute atomic E-state index is 0.0810. The lowest BCUT2D eigenvalue weighted by Crippen LogP contribution is -2.37. The van der Waals surface area contributed by atoms with Crippen molar-refractivity contribution in [3.05, 3.63) is 33.8 Å². The molecule has 0 aromatic heterocycles. The van der Waals surface area contributed by atoms with Gasteiger partial charge in [-0.05, 0) is 39.8 Å². The predicted octanol–water partition coefficient (Wildman–Crippen LogP) is 3.77. The van der Waals surface area contributed by atoms with Crippen LogP contribution in [0, 0.1) is 11.6 Å². The van der Waals surface area contributed by atoms with Crippen LogP contribution in [-0.2, 0) is 20.5 Å². The summed E-state index contributed by atoms with van der Waals surface area (Å²) in [6, 6.07) is 1.37. The van der Waals surface area contributed by atoms with Crippen molar-refractivity contribution < 1.29 is 22.5 Å². The zero-order chi connectivity index (χ0) is 17.8. The third kappa shape index (κ3) is 5.93. The average Bonchev–Trinajstić information content (AvgIpc) is 2.41. The van der Waals surface area contributed by atoms with Crippen molar-refractivity contribution in [3.8, 4) is 0 Å². The normalized spacial score (nSPS) is 14.4. The molecule has 0 fully saturated rings. The zero-order valence-electron chi connectivity index (χ0n) is 13.4. The summed E-state index contributed by atoms with van der Waals surface area (Å²) in [5.74, 6) is -2.72. The molecule has 1 N–H and O–H groups in total. The summed E-state index contributed by atoms with van der Waals surface area (Å²) < 4.78 is 47.3. The highest BCUT2D eigenvalue weighted by atomic mass is 79.9. The summed E-state index contributed by atoms with van der Waals surface area (Å²) in [6.07, 6.45) is -0.261. The van der Waals surface area contributed by atoms with E-state index < -0.39 is 39.4 Å². The first-order chi connectivity index (χ1) is 10.6. The Morgan fingerprint density at radius 1 is 1.39 bits per heavy atom. The number of ether oxygens (including phenoxy) is 1. The van der Waals surface area contributed by atoms with E-state index in [1.807, 2.05) is 0 Å². The standard InChI is InChI=1S/C15H20BrF2NO3S/c1-5-22-13(20)8-12(19-23(21)15(2,3)4)10-6-9(16)7-11(17)14(10)18/h6-7,12,19H,5,8H2,1-4H3/t12-,23+/m0/s1. The molecular weight excluding hydrogens is 392 g/mol. The van der Waals surface area contributed by atoms with Crippen molar-refractivity contribution in [2.24, 2.45) is 0 Å². The Morgan fingerprint density at radius 2 is 2.00 bits per heavy atom. The number of esters is 1. The SMILES string of the molecule is CCOC(=O)C[C@H](N[S@](=O)C(C)(C)C)c1cc(Br)cc(F)c1F. The molecule has 1 rings (SSSR count). The Morgan fingerprint density at radius 3 is 2.52 bits per heavy atom. The van der Waals surface area contributed by atoms with Crippen LogP contribution in [-0.4, -0.2) is 21.5 Å². The zero-order valence-corrected chi connectivity index (χ0v) is 15.8. The molecule has 130 valence electrons. The number of hydrogen-bond donors (Lipinski definition) is 1. The number of hydrogen-bond acceptors (Lipinski definition) is 3. The van der Waals surface area contributed by atoms with Crippen LogP contribution in [0.15, 0.2) is 16.6 Å². The summed E-state index contributed by atoms with van der Waals surface area (Å²) in [7, 11) is -1.57. The summed E-state index contributed by atoms with van der Waals surface area (Å²) in [4.78, 5) is 11.8. The van der Waals surface area contributed by atoms with E-state index in [9.17, 15) is 17.8 Å². The van der Waals surface area contributed by atoms with Crippen molar-refractivity contribution in [2.45, 2.75) is 44.9 Å². The number of nitrogens with one attached hydrogen (secondary N) is 1. The number of carbonyl (C=O) groups excluding carboxylic acids is 1. The van der Waals surface area contributed by atoms with Gasteiger partial charge in [0.2, 0.25) is 0 Å². The number of carbonyl (C=O) groups is 1. The maximum absolute atomic E-state index is 14.1. The van der Waals surface area contributed by atoms with Crippen molar-refractivity contribution in [1.82, 2.24) is 4.72 Å². The highest BCUT2D eigenvalue weighted by Crippen LogP contribution is 2.28. The van der Waals surface area contributed by atoms with Crippen LogP contribution in [0.2, 0.25) is 0 Å². The van der Waals surface area contributed by atoms with E-state index in [0.717, 1.165) is 6.07 Å². The van der Waals surface area contributed by atoms with Gasteiger partial charge in [0.05, 0.1) is 34.8 Å². The van der Waals surface area contributed by atoms with Gasteiger partial charge in [-0.25, -0.2) is 17.7 Å². The van der Waals surface area contributed by atoms with Gasteiger partial charge in [-0.15, -0.1) is 0 Å². The first-order valence-electron chi connectivity index (χ1n) is 7.04. The number of halogens is 3. The van der Waals surface area contributed by atoms with Crippen LogP contribution in [0.5, 0.6) is 0 Å². The molecule has 0 radical (unpaired) electrons. The van der Waals surface area contributed by atoms with E-state index in [4.69, 9.17) is 4.74 Å². The second-order valence-electron chi connectivity index (χ2n) is 5.85. The fourth-order valence-corrected chi connectivity index (χ4v) is 3.01. The molecule has 4 nitrogen and oxygen atoms in total. The van der Waals surface area contributed by atoms with Crippen molar-refractivity contribution >= 4 is 32.9 Å². The molecule has 0 heterocycles. The summed E-state index contributed by atoms with van der Waals surface area (Å²) >= 11 is 3.09. The summed E-state index contributed by atoms with van der Waals surface area (Å²) in [5.41, 5.74) is -0.0810. The molecule has 0 unspecified atom stereocenters. The van der Waals surface area contributed by atoms with Crippen molar-refractivity contribution in [2.75, 3.05) is 6.61 Å². The Kier molecular flexibility index (Phi) is 7.29. The van der Waals surface area contributed by atoms with Gasteiger partial charge in [0.15, 0.2) is 11.6 Å². The largest absolute Gasteiger partial charge is 0.466 e. The minimum atomic E-state index is -1.57. The van der Waals surface area contributed by atoms with Gasteiger partial charge in [0, 0.05) is 10.0 Å². The third-order valence-corrected chi connectivity index (χ3v) is 4.95. The van der Waals surface area contributed by atoms with Crippen LogP contribution in [0.4, 0.5) is 8.78 Å². The predicted molar refractivity (Wildman–Crippen MR) is 89.1 cm³/mol. The maximum Gasteiger partial charge on any atom is 0.307 e. The van der Waals surface area contributed by atoms with Crippen molar-refractivity contribution in [1.29, 1.82) is 0 Å². The number of benzene rings is 1. The molecule has 2 atom stereocenters. The highest BCUT2D eigenvalue weighted by Gasteiger charge is 2.28. The average molecular weight is 412 g/mol. The molecule has 0 aliphatic rings. The Labute approximate surface area is 145 Å². The lowest BCUT2D eigenvalue weighted by molar-refractivity contribution is -0.143. The van der Waals surface area contributed by atoms with Crippen LogP contribution in [0.1, 0.15) is 45.7 Å². The first-order valence-corrected chi connectivity index (χ1v) is 8.98. The van der Waals surface area contributed by atoms with Crippen LogP contribution in [0.3, 0.4) is 0 Å². The molecule has 0 bridgehead atoms. The van der Waals surface area contributed by atoms with E-state index in [1.54, 1.807) is 27.7 Å². The molecule has 0 amide bonds. The molecule has 0 spiro atoms. The molecule has 0 aliphatic carbocycles. The number of rotatable bonds is 6. The minimum Gasteiger partial charge on any atom is -0.466 e. The van der Waals surface area contributed by atoms with E-state index in [2.05, 4.69) is 20.7 Å². The summed E-state index contributed by atoms with van der Waals surface area (Å²) in [5, 5.41) is 0. The van der Waals surface area contributed by atoms with E-state index in [0.29, 0.717) is 4.47 Å². The first kappa shape index (κ1) is 20.2. The topological polar surface area (TPSA) is 55.4 Å². The molecule has 1 aromatic rings. The van der Waals surface area contributed by atoms with Crippen LogP contribution < -0.4 is 4.72 Å². The molecule has 8 heteroatoms. The second kappa shape index (κ2) is 8.30. The lowest BCUT2D eigenvalue weighted by Gasteiger charge is -2.24. The van der Waals surface area contributed by atoms with Gasteiger partial charge in [-0.1, -0.05) is 15.9 Å². The van der Waals surface area contributed by atoms with E-state index in [1.165, 1.54) is 6.07 Å². The van der Waals surface area contributed by atoms with Crippen LogP contribution >= 0.6 is 15.9 Å². The second-order valence-corrected chi connectivity index (χ2v) is 8.77. The lowest BCUT2D eigenvalue weighted by atomic mass is 10.0. The fourth-order valence-electron chi connectivity index (χ4n) is 1.74. The molecule has 23 heavy (non-hydrogen) atoms. The monoisotopic (exact) mass is 411 g/mol. The van der Waals surface area contributed by atoms with Gasteiger partial charge >= 0.3 is 5.97 Å². The van der Waals surface area contributed by atoms with Gasteiger partial charge in [0.25, 0.3) is 0 Å². The van der Waals surface area contributed by atoms with E-state index >= 15 is 0 Å². The summed E-state index contributed by atoms with van der Waals surface area (Å²) in [6.45, 7) is 7.01. The highest BCUT2D eigenvalue weighted by molar-refractivity contribution is 9.10. The molecule has 0 saturated carbocycles. The van der Waals surface area contributed by atoms with Gasteiger partial charge < -0.3 is 4.74 Å². The van der Waals surface area contributed by atoms with Gasteiger partial charge in [-0.3, -0.25) is 4.79 Å².